The molecule has 0 aliphatic rings. The number of nitrogens with one attached hydrogen (secondary N) is 3. The van der Waals surface area contributed by atoms with Crippen LogP contribution in [0, 0.1) is 0 Å². The number of nitrogens with zero attached hydrogens (tertiary/aromatic N) is 4. The van der Waals surface area contributed by atoms with Crippen molar-refractivity contribution in [1.82, 2.24) is 19.9 Å². The number of benzene rings is 1. The Morgan fingerprint density at radius 3 is 2.21 bits per heavy atom. The normalized spacial score (nSPS) is 11.9. The molecule has 152 valence electrons. The average molecular weight is 393 g/mol. The lowest BCUT2D eigenvalue weighted by molar-refractivity contribution is 0.311. The van der Waals surface area contributed by atoms with Crippen molar-refractivity contribution in [2.75, 3.05) is 29.1 Å². The predicted octanol–water partition coefficient (Wildman–Crippen LogP) is 2.89. The molecule has 0 radical (unpaired) electrons. The molecule has 0 spiro atoms. The number of anilines is 3. The van der Waals surface area contributed by atoms with Gasteiger partial charge in [-0.2, -0.15) is 15.0 Å². The van der Waals surface area contributed by atoms with E-state index in [1.54, 1.807) is 6.20 Å². The minimum atomic E-state index is -0.0638. The van der Waals surface area contributed by atoms with Crippen LogP contribution in [0.4, 0.5) is 17.8 Å². The van der Waals surface area contributed by atoms with Crippen LogP contribution < -0.4 is 16.0 Å². The van der Waals surface area contributed by atoms with Gasteiger partial charge in [-0.05, 0) is 31.5 Å². The largest absolute Gasteiger partial charge is 0.395 e. The summed E-state index contributed by atoms with van der Waals surface area (Å²) in [6, 6.07) is 16.2. The van der Waals surface area contributed by atoms with Crippen molar-refractivity contribution < 1.29 is 5.11 Å². The van der Waals surface area contributed by atoms with Gasteiger partial charge in [0.25, 0.3) is 0 Å². The van der Waals surface area contributed by atoms with Crippen LogP contribution in [0.15, 0.2) is 54.7 Å². The lowest BCUT2D eigenvalue weighted by atomic mass is 10.0. The molecule has 3 rings (SSSR count). The van der Waals surface area contributed by atoms with E-state index < -0.39 is 0 Å². The SMILES string of the molecule is CC(C)Nc1nc(NCCO)nc(NC(Cc2ccccn2)c2ccccc2)n1. The first-order chi connectivity index (χ1) is 14.1. The second kappa shape index (κ2) is 10.3. The molecule has 0 saturated heterocycles. The smallest absolute Gasteiger partial charge is 0.229 e. The molecule has 0 amide bonds. The van der Waals surface area contributed by atoms with E-state index >= 15 is 0 Å². The van der Waals surface area contributed by atoms with E-state index in [1.165, 1.54) is 0 Å². The Hall–Kier alpha value is -3.26. The molecule has 2 aromatic heterocycles. The summed E-state index contributed by atoms with van der Waals surface area (Å²) >= 11 is 0. The second-order valence-corrected chi connectivity index (χ2v) is 6.89. The fourth-order valence-electron chi connectivity index (χ4n) is 2.83. The molecule has 4 N–H and O–H groups in total. The van der Waals surface area contributed by atoms with Crippen LogP contribution in [0.2, 0.25) is 0 Å². The van der Waals surface area contributed by atoms with Crippen LogP contribution in [0.3, 0.4) is 0 Å². The summed E-state index contributed by atoms with van der Waals surface area (Å²) in [5, 5.41) is 18.7. The molecule has 8 heteroatoms. The van der Waals surface area contributed by atoms with Crippen LogP contribution >= 0.6 is 0 Å². The molecule has 29 heavy (non-hydrogen) atoms. The third-order valence-electron chi connectivity index (χ3n) is 4.09. The molecule has 3 aromatic rings. The lowest BCUT2D eigenvalue weighted by Gasteiger charge is -2.20. The van der Waals surface area contributed by atoms with Gasteiger partial charge in [0, 0.05) is 30.9 Å². The number of hydrogen-bond donors (Lipinski definition) is 4. The third kappa shape index (κ3) is 6.39. The highest BCUT2D eigenvalue weighted by atomic mass is 16.3. The van der Waals surface area contributed by atoms with Crippen molar-refractivity contribution in [2.45, 2.75) is 32.4 Å². The Balaban J connectivity index is 1.88. The molecule has 0 bridgehead atoms. The maximum Gasteiger partial charge on any atom is 0.229 e. The Morgan fingerprint density at radius 2 is 1.55 bits per heavy atom. The highest BCUT2D eigenvalue weighted by Crippen LogP contribution is 2.22. The minimum Gasteiger partial charge on any atom is -0.395 e. The van der Waals surface area contributed by atoms with E-state index in [9.17, 15) is 0 Å². The average Bonchev–Trinajstić information content (AvgIpc) is 2.72. The van der Waals surface area contributed by atoms with Crippen molar-refractivity contribution in [3.8, 4) is 0 Å². The van der Waals surface area contributed by atoms with Crippen molar-refractivity contribution in [3.05, 3.63) is 66.0 Å². The topological polar surface area (TPSA) is 108 Å². The van der Waals surface area contributed by atoms with Crippen molar-refractivity contribution in [1.29, 1.82) is 0 Å². The van der Waals surface area contributed by atoms with Crippen LogP contribution in [-0.4, -0.2) is 44.2 Å². The summed E-state index contributed by atoms with van der Waals surface area (Å²) in [5.41, 5.74) is 2.09. The van der Waals surface area contributed by atoms with Crippen LogP contribution in [0.25, 0.3) is 0 Å². The van der Waals surface area contributed by atoms with Gasteiger partial charge >= 0.3 is 0 Å². The van der Waals surface area contributed by atoms with E-state index in [0.717, 1.165) is 11.3 Å². The fourth-order valence-corrected chi connectivity index (χ4v) is 2.83. The highest BCUT2D eigenvalue weighted by Gasteiger charge is 2.16. The first kappa shape index (κ1) is 20.5. The van der Waals surface area contributed by atoms with Crippen LogP contribution in [0.5, 0.6) is 0 Å². The Labute approximate surface area is 170 Å². The standard InChI is InChI=1S/C21H27N7O/c1-15(2)24-20-26-19(23-12-13-29)27-21(28-20)25-18(16-8-4-3-5-9-16)14-17-10-6-7-11-22-17/h3-11,15,18,29H,12-14H2,1-2H3,(H3,23,24,25,26,27,28). The van der Waals surface area contributed by atoms with Crippen LogP contribution in [-0.2, 0) is 6.42 Å². The zero-order valence-corrected chi connectivity index (χ0v) is 16.7. The van der Waals surface area contributed by atoms with E-state index in [4.69, 9.17) is 5.11 Å². The molecule has 2 heterocycles. The van der Waals surface area contributed by atoms with Gasteiger partial charge in [-0.25, -0.2) is 0 Å². The molecule has 1 unspecified atom stereocenters. The van der Waals surface area contributed by atoms with E-state index in [-0.39, 0.29) is 18.7 Å². The predicted molar refractivity (Wildman–Crippen MR) is 115 cm³/mol. The van der Waals surface area contributed by atoms with Gasteiger partial charge in [0.15, 0.2) is 0 Å². The minimum absolute atomic E-state index is 0.00625. The molecule has 8 nitrogen and oxygen atoms in total. The maximum atomic E-state index is 9.10. The zero-order chi connectivity index (χ0) is 20.5. The number of pyridine rings is 1. The Morgan fingerprint density at radius 1 is 0.862 bits per heavy atom. The molecule has 0 saturated carbocycles. The number of aliphatic hydroxyl groups excluding tert-OH is 1. The number of hydrogen-bond acceptors (Lipinski definition) is 8. The Kier molecular flexibility index (Phi) is 7.29. The van der Waals surface area contributed by atoms with E-state index in [1.807, 2.05) is 50.2 Å². The van der Waals surface area contributed by atoms with Crippen molar-refractivity contribution >= 4 is 17.8 Å². The molecular formula is C21H27N7O. The Bertz CT molecular complexity index is 875. The van der Waals surface area contributed by atoms with Gasteiger partial charge in [0.1, 0.15) is 0 Å². The number of aliphatic hydroxyl groups is 1. The molecule has 0 aliphatic heterocycles. The first-order valence-electron chi connectivity index (χ1n) is 9.73. The van der Waals surface area contributed by atoms with Crippen molar-refractivity contribution in [2.24, 2.45) is 0 Å². The van der Waals surface area contributed by atoms with Gasteiger partial charge in [0.05, 0.1) is 12.6 Å². The summed E-state index contributed by atoms with van der Waals surface area (Å²) < 4.78 is 0. The summed E-state index contributed by atoms with van der Waals surface area (Å²) in [6.45, 7) is 4.39. The summed E-state index contributed by atoms with van der Waals surface area (Å²) in [6.07, 6.45) is 2.48. The number of rotatable bonds is 10. The second-order valence-electron chi connectivity index (χ2n) is 6.89. The lowest BCUT2D eigenvalue weighted by Crippen LogP contribution is -2.20. The zero-order valence-electron chi connectivity index (χ0n) is 16.7. The monoisotopic (exact) mass is 393 g/mol. The molecule has 1 aromatic carbocycles. The van der Waals surface area contributed by atoms with E-state index in [0.29, 0.717) is 30.8 Å². The molecule has 0 aliphatic carbocycles. The summed E-state index contributed by atoms with van der Waals surface area (Å²) in [4.78, 5) is 17.8. The van der Waals surface area contributed by atoms with Gasteiger partial charge in [-0.1, -0.05) is 36.4 Å². The molecule has 1 atom stereocenters. The third-order valence-corrected chi connectivity index (χ3v) is 4.09. The summed E-state index contributed by atoms with van der Waals surface area (Å²) in [5.74, 6) is 1.33. The highest BCUT2D eigenvalue weighted by molar-refractivity contribution is 5.44. The van der Waals surface area contributed by atoms with Crippen LogP contribution in [0.1, 0.15) is 31.1 Å². The van der Waals surface area contributed by atoms with Gasteiger partial charge in [-0.15, -0.1) is 0 Å². The van der Waals surface area contributed by atoms with Gasteiger partial charge in [0.2, 0.25) is 17.8 Å². The van der Waals surface area contributed by atoms with Gasteiger partial charge < -0.3 is 21.1 Å². The van der Waals surface area contributed by atoms with E-state index in [2.05, 4.69) is 48.0 Å². The van der Waals surface area contributed by atoms with Crippen molar-refractivity contribution in [3.63, 3.8) is 0 Å². The van der Waals surface area contributed by atoms with Gasteiger partial charge in [-0.3, -0.25) is 4.98 Å². The number of aromatic nitrogens is 4. The quantitative estimate of drug-likeness (QED) is 0.416. The summed E-state index contributed by atoms with van der Waals surface area (Å²) in [7, 11) is 0. The molecule has 0 fully saturated rings. The first-order valence-corrected chi connectivity index (χ1v) is 9.73. The maximum absolute atomic E-state index is 9.10. The molecular weight excluding hydrogens is 366 g/mol. The fraction of sp³-hybridized carbons (Fsp3) is 0.333.